The number of ether oxygens (including phenoxy) is 1. The van der Waals surface area contributed by atoms with E-state index in [1.54, 1.807) is 12.1 Å². The van der Waals surface area contributed by atoms with Gasteiger partial charge in [-0.3, -0.25) is 4.79 Å². The van der Waals surface area contributed by atoms with E-state index in [-0.39, 0.29) is 5.97 Å². The zero-order valence-electron chi connectivity index (χ0n) is 7.43. The van der Waals surface area contributed by atoms with Gasteiger partial charge in [0.15, 0.2) is 0 Å². The minimum atomic E-state index is -1.53. The molecule has 0 spiro atoms. The fourth-order valence-corrected chi connectivity index (χ4v) is 1.44. The molecule has 0 aromatic heterocycles. The minimum Gasteiger partial charge on any atom is -0.426 e. The number of esters is 1. The molecule has 1 aliphatic rings. The van der Waals surface area contributed by atoms with Crippen LogP contribution in [-0.4, -0.2) is 23.1 Å². The zero-order chi connectivity index (χ0) is 10.1. The first-order chi connectivity index (χ1) is 6.66. The Balaban J connectivity index is 2.37. The molecular weight excluding hydrogens is 183 g/mol. The molecule has 1 aromatic rings. The molecule has 0 aliphatic carbocycles. The maximum absolute atomic E-state index is 11.0. The summed E-state index contributed by atoms with van der Waals surface area (Å²) >= 11 is 0. The maximum atomic E-state index is 11.0. The van der Waals surface area contributed by atoms with Crippen LogP contribution in [0.3, 0.4) is 0 Å². The van der Waals surface area contributed by atoms with Crippen LogP contribution in [0.1, 0.15) is 12.0 Å². The van der Waals surface area contributed by atoms with E-state index in [4.69, 9.17) is 14.8 Å². The Morgan fingerprint density at radius 3 is 2.79 bits per heavy atom. The van der Waals surface area contributed by atoms with Crippen LogP contribution < -0.4 is 10.2 Å². The SMILES string of the molecule is O=C1CCc2ccc(B(O)O)cc2O1. The molecule has 0 radical (unpaired) electrons. The van der Waals surface area contributed by atoms with Crippen LogP contribution in [-0.2, 0) is 11.2 Å². The van der Waals surface area contributed by atoms with Gasteiger partial charge >= 0.3 is 13.1 Å². The molecule has 1 aromatic carbocycles. The number of fused-ring (bicyclic) bond motifs is 1. The van der Waals surface area contributed by atoms with E-state index in [9.17, 15) is 4.79 Å². The summed E-state index contributed by atoms with van der Waals surface area (Å²) in [4.78, 5) is 11.0. The molecule has 0 atom stereocenters. The first-order valence-corrected chi connectivity index (χ1v) is 4.36. The second kappa shape index (κ2) is 3.44. The van der Waals surface area contributed by atoms with Crippen molar-refractivity contribution in [1.29, 1.82) is 0 Å². The van der Waals surface area contributed by atoms with Gasteiger partial charge < -0.3 is 14.8 Å². The molecule has 0 saturated heterocycles. The molecule has 0 amide bonds. The summed E-state index contributed by atoms with van der Waals surface area (Å²) < 4.78 is 4.96. The van der Waals surface area contributed by atoms with Crippen LogP contribution in [0.2, 0.25) is 0 Å². The molecule has 2 N–H and O–H groups in total. The summed E-state index contributed by atoms with van der Waals surface area (Å²) in [6, 6.07) is 4.84. The van der Waals surface area contributed by atoms with Gasteiger partial charge in [-0.1, -0.05) is 12.1 Å². The number of carbonyl (C=O) groups excluding carboxylic acids is 1. The van der Waals surface area contributed by atoms with Gasteiger partial charge in [0, 0.05) is 0 Å². The van der Waals surface area contributed by atoms with Crippen LogP contribution in [0, 0.1) is 0 Å². The third kappa shape index (κ3) is 1.64. The van der Waals surface area contributed by atoms with E-state index in [2.05, 4.69) is 0 Å². The van der Waals surface area contributed by atoms with E-state index in [0.717, 1.165) is 5.56 Å². The molecule has 0 fully saturated rings. The lowest BCUT2D eigenvalue weighted by Crippen LogP contribution is -2.30. The van der Waals surface area contributed by atoms with E-state index >= 15 is 0 Å². The van der Waals surface area contributed by atoms with Crippen LogP contribution >= 0.6 is 0 Å². The molecule has 0 saturated carbocycles. The van der Waals surface area contributed by atoms with Gasteiger partial charge in [-0.2, -0.15) is 0 Å². The lowest BCUT2D eigenvalue weighted by atomic mass is 9.79. The normalized spacial score (nSPS) is 14.6. The number of hydrogen-bond acceptors (Lipinski definition) is 4. The zero-order valence-corrected chi connectivity index (χ0v) is 7.43. The third-order valence-corrected chi connectivity index (χ3v) is 2.21. The fraction of sp³-hybridized carbons (Fsp3) is 0.222. The van der Waals surface area contributed by atoms with Crippen molar-refractivity contribution >= 4 is 18.6 Å². The van der Waals surface area contributed by atoms with Crippen LogP contribution in [0.5, 0.6) is 5.75 Å². The molecule has 1 heterocycles. The lowest BCUT2D eigenvalue weighted by Gasteiger charge is -2.15. The Labute approximate surface area is 81.3 Å². The molecule has 4 nitrogen and oxygen atoms in total. The molecule has 72 valence electrons. The second-order valence-electron chi connectivity index (χ2n) is 3.21. The Bertz CT molecular complexity index is 375. The van der Waals surface area contributed by atoms with E-state index in [1.807, 2.05) is 0 Å². The quantitative estimate of drug-likeness (QED) is 0.348. The van der Waals surface area contributed by atoms with Crippen molar-refractivity contribution in [3.8, 4) is 5.75 Å². The Hall–Kier alpha value is -1.33. The highest BCUT2D eigenvalue weighted by Gasteiger charge is 2.19. The van der Waals surface area contributed by atoms with Crippen molar-refractivity contribution in [1.82, 2.24) is 0 Å². The molecule has 14 heavy (non-hydrogen) atoms. The fourth-order valence-electron chi connectivity index (χ4n) is 1.44. The number of aryl methyl sites for hydroxylation is 1. The second-order valence-corrected chi connectivity index (χ2v) is 3.21. The van der Waals surface area contributed by atoms with Gasteiger partial charge in [-0.25, -0.2) is 0 Å². The average molecular weight is 192 g/mol. The van der Waals surface area contributed by atoms with Gasteiger partial charge in [0.2, 0.25) is 0 Å². The molecule has 1 aliphatic heterocycles. The van der Waals surface area contributed by atoms with Crippen molar-refractivity contribution in [2.24, 2.45) is 0 Å². The maximum Gasteiger partial charge on any atom is 0.488 e. The van der Waals surface area contributed by atoms with Crippen molar-refractivity contribution in [2.45, 2.75) is 12.8 Å². The van der Waals surface area contributed by atoms with Crippen LogP contribution in [0.25, 0.3) is 0 Å². The topological polar surface area (TPSA) is 66.8 Å². The van der Waals surface area contributed by atoms with Gasteiger partial charge in [0.1, 0.15) is 5.75 Å². The van der Waals surface area contributed by atoms with Crippen LogP contribution in [0.4, 0.5) is 0 Å². The monoisotopic (exact) mass is 192 g/mol. The van der Waals surface area contributed by atoms with Gasteiger partial charge in [0.25, 0.3) is 0 Å². The average Bonchev–Trinajstić information content (AvgIpc) is 2.16. The third-order valence-electron chi connectivity index (χ3n) is 2.21. The summed E-state index contributed by atoms with van der Waals surface area (Å²) in [6.45, 7) is 0. The van der Waals surface area contributed by atoms with Crippen molar-refractivity contribution in [3.05, 3.63) is 23.8 Å². The minimum absolute atomic E-state index is 0.276. The Morgan fingerprint density at radius 1 is 1.29 bits per heavy atom. The number of benzene rings is 1. The highest BCUT2D eigenvalue weighted by atomic mass is 16.5. The van der Waals surface area contributed by atoms with E-state index < -0.39 is 7.12 Å². The molecular formula is C9H9BO4. The van der Waals surface area contributed by atoms with Crippen molar-refractivity contribution < 1.29 is 19.6 Å². The predicted octanol–water partition coefficient (Wildman–Crippen LogP) is -0.782. The highest BCUT2D eigenvalue weighted by Crippen LogP contribution is 2.23. The standard InChI is InChI=1S/C9H9BO4/c11-9-4-2-6-1-3-7(10(12)13)5-8(6)14-9/h1,3,5,12-13H,2,4H2. The summed E-state index contributed by atoms with van der Waals surface area (Å²) in [5.41, 5.74) is 1.26. The Morgan fingerprint density at radius 2 is 2.07 bits per heavy atom. The van der Waals surface area contributed by atoms with E-state index in [0.29, 0.717) is 24.1 Å². The smallest absolute Gasteiger partial charge is 0.426 e. The Kier molecular flexibility index (Phi) is 2.27. The van der Waals surface area contributed by atoms with Gasteiger partial charge in [-0.15, -0.1) is 0 Å². The summed E-state index contributed by atoms with van der Waals surface area (Å²) in [7, 11) is -1.53. The largest absolute Gasteiger partial charge is 0.488 e. The van der Waals surface area contributed by atoms with Crippen molar-refractivity contribution in [3.63, 3.8) is 0 Å². The number of hydrogen-bond donors (Lipinski definition) is 2. The number of rotatable bonds is 1. The first kappa shape index (κ1) is 9.24. The van der Waals surface area contributed by atoms with Gasteiger partial charge in [-0.05, 0) is 23.5 Å². The predicted molar refractivity (Wildman–Crippen MR) is 50.2 cm³/mol. The molecule has 0 bridgehead atoms. The van der Waals surface area contributed by atoms with E-state index in [1.165, 1.54) is 6.07 Å². The molecule has 5 heteroatoms. The highest BCUT2D eigenvalue weighted by molar-refractivity contribution is 6.58. The number of carbonyl (C=O) groups is 1. The summed E-state index contributed by atoms with van der Waals surface area (Å²) in [6.07, 6.45) is 1.03. The van der Waals surface area contributed by atoms with Crippen molar-refractivity contribution in [2.75, 3.05) is 0 Å². The first-order valence-electron chi connectivity index (χ1n) is 4.36. The van der Waals surface area contributed by atoms with Crippen LogP contribution in [0.15, 0.2) is 18.2 Å². The summed E-state index contributed by atoms with van der Waals surface area (Å²) in [5.74, 6) is 0.161. The summed E-state index contributed by atoms with van der Waals surface area (Å²) in [5, 5.41) is 17.8. The lowest BCUT2D eigenvalue weighted by molar-refractivity contribution is -0.135. The van der Waals surface area contributed by atoms with Gasteiger partial charge in [0.05, 0.1) is 6.42 Å². The molecule has 2 rings (SSSR count). The molecule has 0 unspecified atom stereocenters.